The molecule has 1 aromatic heterocycles. The molecular formula is C39H50N6O6. The van der Waals surface area contributed by atoms with Crippen molar-refractivity contribution in [3.05, 3.63) is 73.8 Å². The van der Waals surface area contributed by atoms with Gasteiger partial charge in [0.25, 0.3) is 0 Å². The number of likely N-dealkylation sites (tertiary alicyclic amines) is 1. The third-order valence-electron chi connectivity index (χ3n) is 10.9. The maximum absolute atomic E-state index is 15.0. The Morgan fingerprint density at radius 3 is 2.47 bits per heavy atom. The van der Waals surface area contributed by atoms with E-state index < -0.39 is 29.1 Å². The summed E-state index contributed by atoms with van der Waals surface area (Å²) in [4.78, 5) is 49.8. The van der Waals surface area contributed by atoms with Crippen LogP contribution in [-0.2, 0) is 25.8 Å². The number of aliphatic hydroxyl groups excluding tert-OH is 1. The molecule has 2 aromatic carbocycles. The zero-order valence-electron chi connectivity index (χ0n) is 29.8. The third kappa shape index (κ3) is 6.44. The number of carbonyl (C=O) groups excluding carboxylic acids is 3. The lowest BCUT2D eigenvalue weighted by atomic mass is 9.64. The SMILES string of the molecule is C=CCN(Cn1nnc2ccccc21)C(=O)C1N(CCCCCCO)C(=O)[C@@H]2[C@H](C(=O)N(CC=C)c3ccc(OCC)cc3)[C@]3(CC)CCC12O3. The quantitative estimate of drug-likeness (QED) is 0.149. The summed E-state index contributed by atoms with van der Waals surface area (Å²) in [5.74, 6) is -1.64. The topological polar surface area (TPSA) is 130 Å². The van der Waals surface area contributed by atoms with Crippen LogP contribution in [0.3, 0.4) is 0 Å². The molecule has 3 saturated heterocycles. The summed E-state index contributed by atoms with van der Waals surface area (Å²) in [6.45, 7) is 13.3. The van der Waals surface area contributed by atoms with Crippen LogP contribution in [0, 0.1) is 11.8 Å². The maximum atomic E-state index is 15.0. The van der Waals surface area contributed by atoms with Crippen LogP contribution in [0.4, 0.5) is 5.69 Å². The molecule has 3 amide bonds. The fraction of sp³-hybridized carbons (Fsp3) is 0.513. The molecule has 0 radical (unpaired) electrons. The van der Waals surface area contributed by atoms with Crippen LogP contribution < -0.4 is 9.64 Å². The minimum Gasteiger partial charge on any atom is -0.494 e. The van der Waals surface area contributed by atoms with Gasteiger partial charge in [0.15, 0.2) is 0 Å². The number of para-hydroxylation sites is 1. The van der Waals surface area contributed by atoms with Crippen LogP contribution >= 0.6 is 0 Å². The van der Waals surface area contributed by atoms with Crippen LogP contribution in [0.2, 0.25) is 0 Å². The summed E-state index contributed by atoms with van der Waals surface area (Å²) in [5, 5.41) is 17.9. The number of benzene rings is 2. The monoisotopic (exact) mass is 698 g/mol. The Kier molecular flexibility index (Phi) is 10.9. The Balaban J connectivity index is 1.38. The van der Waals surface area contributed by atoms with Gasteiger partial charge in [0, 0.05) is 31.9 Å². The molecule has 4 heterocycles. The minimum atomic E-state index is -1.18. The van der Waals surface area contributed by atoms with E-state index in [0.717, 1.165) is 18.4 Å². The average Bonchev–Trinajstić information content (AvgIpc) is 3.87. The molecule has 3 fully saturated rings. The molecule has 1 N–H and O–H groups in total. The van der Waals surface area contributed by atoms with Gasteiger partial charge in [0.2, 0.25) is 17.7 Å². The number of carbonyl (C=O) groups is 3. The van der Waals surface area contributed by atoms with Gasteiger partial charge in [-0.2, -0.15) is 0 Å². The molecule has 272 valence electrons. The van der Waals surface area contributed by atoms with E-state index in [2.05, 4.69) is 23.5 Å². The standard InChI is InChI=1S/C39H50N6O6/c1-5-23-42(27-45-31-16-12-11-15-30(31)40-41-45)37(49)34-39-22-21-38(7-3,51-39)32(33(39)36(48)44(34)25-13-9-10-14-26-46)35(47)43(24-6-2)28-17-19-29(20-18-28)50-8-4/h5-6,11-12,15-20,32-34,46H,1-2,7-10,13-14,21-27H2,3-4H3/t32-,33+,34?,38+,39?/m1/s1. The Morgan fingerprint density at radius 1 is 1.02 bits per heavy atom. The molecule has 2 bridgehead atoms. The van der Waals surface area contributed by atoms with Gasteiger partial charge in [-0.25, -0.2) is 4.68 Å². The van der Waals surface area contributed by atoms with Crippen LogP contribution in [0.25, 0.3) is 11.0 Å². The Morgan fingerprint density at radius 2 is 1.76 bits per heavy atom. The van der Waals surface area contributed by atoms with Gasteiger partial charge in [-0.05, 0) is 75.4 Å². The predicted molar refractivity (Wildman–Crippen MR) is 194 cm³/mol. The molecule has 3 aliphatic rings. The van der Waals surface area contributed by atoms with Crippen molar-refractivity contribution < 1.29 is 29.0 Å². The second kappa shape index (κ2) is 15.4. The first kappa shape index (κ1) is 36.2. The first-order valence-corrected chi connectivity index (χ1v) is 18.2. The summed E-state index contributed by atoms with van der Waals surface area (Å²) >= 11 is 0. The van der Waals surface area contributed by atoms with Crippen molar-refractivity contribution in [2.24, 2.45) is 11.8 Å². The Bertz CT molecular complexity index is 1740. The zero-order chi connectivity index (χ0) is 36.2. The Hall–Kier alpha value is -4.55. The lowest BCUT2D eigenvalue weighted by Gasteiger charge is -2.37. The van der Waals surface area contributed by atoms with Crippen molar-refractivity contribution in [1.82, 2.24) is 24.8 Å². The number of ether oxygens (including phenoxy) is 2. The van der Waals surface area contributed by atoms with Gasteiger partial charge in [0.05, 0.1) is 29.6 Å². The van der Waals surface area contributed by atoms with Crippen molar-refractivity contribution in [3.8, 4) is 5.75 Å². The summed E-state index contributed by atoms with van der Waals surface area (Å²) in [6.07, 6.45) is 7.82. The zero-order valence-corrected chi connectivity index (χ0v) is 29.8. The van der Waals surface area contributed by atoms with E-state index in [4.69, 9.17) is 9.47 Å². The van der Waals surface area contributed by atoms with Crippen LogP contribution in [0.15, 0.2) is 73.8 Å². The molecular weight excluding hydrogens is 648 g/mol. The number of anilines is 1. The highest BCUT2D eigenvalue weighted by Gasteiger charge is 2.79. The highest BCUT2D eigenvalue weighted by atomic mass is 16.5. The van der Waals surface area contributed by atoms with Crippen molar-refractivity contribution in [2.45, 2.75) is 82.7 Å². The molecule has 0 aliphatic carbocycles. The van der Waals surface area contributed by atoms with E-state index in [1.165, 1.54) is 0 Å². The van der Waals surface area contributed by atoms with Gasteiger partial charge < -0.3 is 29.3 Å². The first-order chi connectivity index (χ1) is 24.8. The van der Waals surface area contributed by atoms with E-state index in [0.29, 0.717) is 62.2 Å². The number of amides is 3. The number of aromatic nitrogens is 3. The van der Waals surface area contributed by atoms with Gasteiger partial charge in [0.1, 0.15) is 29.6 Å². The minimum absolute atomic E-state index is 0.104. The van der Waals surface area contributed by atoms with Crippen molar-refractivity contribution >= 4 is 34.4 Å². The Labute approximate surface area is 299 Å². The van der Waals surface area contributed by atoms with Gasteiger partial charge >= 0.3 is 0 Å². The molecule has 1 spiro atoms. The lowest BCUT2D eigenvalue weighted by molar-refractivity contribution is -0.153. The maximum Gasteiger partial charge on any atom is 0.250 e. The molecule has 12 heteroatoms. The molecule has 6 rings (SSSR count). The molecule has 51 heavy (non-hydrogen) atoms. The summed E-state index contributed by atoms with van der Waals surface area (Å²) in [5.41, 5.74) is 0.0758. The van der Waals surface area contributed by atoms with E-state index >= 15 is 4.79 Å². The first-order valence-electron chi connectivity index (χ1n) is 18.2. The molecule has 3 aromatic rings. The summed E-state index contributed by atoms with van der Waals surface area (Å²) in [7, 11) is 0. The second-order valence-corrected chi connectivity index (χ2v) is 13.7. The number of hydrogen-bond donors (Lipinski definition) is 1. The number of hydrogen-bond acceptors (Lipinski definition) is 8. The predicted octanol–water partition coefficient (Wildman–Crippen LogP) is 4.73. The lowest BCUT2D eigenvalue weighted by Crippen LogP contribution is -2.56. The summed E-state index contributed by atoms with van der Waals surface area (Å²) < 4.78 is 14.4. The van der Waals surface area contributed by atoms with E-state index in [9.17, 15) is 14.7 Å². The van der Waals surface area contributed by atoms with Crippen LogP contribution in [0.1, 0.15) is 58.8 Å². The molecule has 0 saturated carbocycles. The number of aliphatic hydroxyl groups is 1. The molecule has 2 unspecified atom stereocenters. The van der Waals surface area contributed by atoms with Gasteiger partial charge in [-0.1, -0.05) is 49.3 Å². The molecule has 5 atom stereocenters. The number of rotatable bonds is 18. The highest BCUT2D eigenvalue weighted by Crippen LogP contribution is 2.64. The largest absolute Gasteiger partial charge is 0.494 e. The number of unbranched alkanes of at least 4 members (excludes halogenated alkanes) is 3. The normalized spacial score (nSPS) is 24.9. The highest BCUT2D eigenvalue weighted by molar-refractivity contribution is 6.03. The second-order valence-electron chi connectivity index (χ2n) is 13.7. The third-order valence-corrected chi connectivity index (χ3v) is 10.9. The van der Waals surface area contributed by atoms with Crippen molar-refractivity contribution in [2.75, 3.05) is 37.7 Å². The van der Waals surface area contributed by atoms with Gasteiger partial charge in [-0.15, -0.1) is 18.3 Å². The van der Waals surface area contributed by atoms with Crippen LogP contribution in [0.5, 0.6) is 5.75 Å². The van der Waals surface area contributed by atoms with E-state index in [1.807, 2.05) is 62.4 Å². The molecule has 12 nitrogen and oxygen atoms in total. The number of nitrogens with zero attached hydrogens (tertiary/aromatic N) is 6. The fourth-order valence-electron chi connectivity index (χ4n) is 8.60. The number of fused-ring (bicyclic) bond motifs is 2. The van der Waals surface area contributed by atoms with Crippen LogP contribution in [-0.4, -0.2) is 97.7 Å². The average molecular weight is 699 g/mol. The van der Waals surface area contributed by atoms with Gasteiger partial charge in [-0.3, -0.25) is 14.4 Å². The van der Waals surface area contributed by atoms with E-state index in [-0.39, 0.29) is 44.1 Å². The smallest absolute Gasteiger partial charge is 0.250 e. The van der Waals surface area contributed by atoms with E-state index in [1.54, 1.807) is 31.5 Å². The molecule has 3 aliphatic heterocycles. The fourth-order valence-corrected chi connectivity index (χ4v) is 8.60. The van der Waals surface area contributed by atoms with Crippen molar-refractivity contribution in [1.29, 1.82) is 0 Å². The van der Waals surface area contributed by atoms with Crippen molar-refractivity contribution in [3.63, 3.8) is 0 Å². The summed E-state index contributed by atoms with van der Waals surface area (Å²) in [6, 6.07) is 14.0.